The molecule has 1 unspecified atom stereocenters. The number of benzene rings is 1. The van der Waals surface area contributed by atoms with Gasteiger partial charge in [-0.25, -0.2) is 13.4 Å². The van der Waals surface area contributed by atoms with Gasteiger partial charge in [-0.1, -0.05) is 39.0 Å². The summed E-state index contributed by atoms with van der Waals surface area (Å²) in [6, 6.07) is 9.93. The van der Waals surface area contributed by atoms with E-state index in [1.54, 1.807) is 6.20 Å². The van der Waals surface area contributed by atoms with Crippen LogP contribution in [0.3, 0.4) is 0 Å². The van der Waals surface area contributed by atoms with Gasteiger partial charge in [-0.3, -0.25) is 0 Å². The topological polar surface area (TPSA) is 75.2 Å². The summed E-state index contributed by atoms with van der Waals surface area (Å²) in [6.07, 6.45) is 2.32. The maximum absolute atomic E-state index is 11.7. The summed E-state index contributed by atoms with van der Waals surface area (Å²) in [5, 5.41) is 3.39. The number of hydrogen-bond donors (Lipinski definition) is 1. The molecule has 0 bridgehead atoms. The number of rotatable bonds is 4. The average Bonchev–Trinajstić information content (AvgIpc) is 2.94. The van der Waals surface area contributed by atoms with Gasteiger partial charge in [-0.05, 0) is 29.5 Å². The minimum absolute atomic E-state index is 0.00839. The second kappa shape index (κ2) is 6.87. The third kappa shape index (κ3) is 4.15. The van der Waals surface area contributed by atoms with E-state index in [0.717, 1.165) is 5.69 Å². The molecule has 26 heavy (non-hydrogen) atoms. The summed E-state index contributed by atoms with van der Waals surface area (Å²) < 4.78 is 23.5. The molecule has 0 aliphatic carbocycles. The average molecular weight is 375 g/mol. The fraction of sp³-hybridized carbons (Fsp3) is 0.474. The van der Waals surface area contributed by atoms with Crippen molar-refractivity contribution in [3.8, 4) is 0 Å². The third-order valence-electron chi connectivity index (χ3n) is 4.71. The van der Waals surface area contributed by atoms with Crippen LogP contribution < -0.4 is 10.2 Å². The minimum atomic E-state index is -2.94. The first-order valence-electron chi connectivity index (χ1n) is 8.78. The lowest BCUT2D eigenvalue weighted by atomic mass is 9.86. The number of sulfone groups is 1. The molecule has 6 nitrogen and oxygen atoms in total. The van der Waals surface area contributed by atoms with Crippen molar-refractivity contribution in [1.29, 1.82) is 0 Å². The largest absolute Gasteiger partial charge is 0.340 e. The normalized spacial score (nSPS) is 19.3. The molecule has 0 saturated carbocycles. The Morgan fingerprint density at radius 3 is 2.58 bits per heavy atom. The molecule has 1 aromatic heterocycles. The van der Waals surface area contributed by atoms with Gasteiger partial charge in [0.05, 0.1) is 11.5 Å². The zero-order valence-corrected chi connectivity index (χ0v) is 16.5. The van der Waals surface area contributed by atoms with Crippen LogP contribution in [0.5, 0.6) is 0 Å². The molecule has 1 atom stereocenters. The van der Waals surface area contributed by atoms with Gasteiger partial charge in [0.2, 0.25) is 5.95 Å². The molecule has 0 spiro atoms. The van der Waals surface area contributed by atoms with E-state index in [1.807, 2.05) is 36.2 Å². The Balaban J connectivity index is 1.83. The SMILES string of the molecule is CN(c1nccc(Nc2ccccc2C(C)(C)C)n1)C1CCS(=O)(=O)C1. The van der Waals surface area contributed by atoms with Crippen molar-refractivity contribution in [2.24, 2.45) is 0 Å². The Kier molecular flexibility index (Phi) is 4.92. The summed E-state index contributed by atoms with van der Waals surface area (Å²) in [4.78, 5) is 10.8. The lowest BCUT2D eigenvalue weighted by Crippen LogP contribution is -2.33. The number of nitrogens with one attached hydrogen (secondary N) is 1. The summed E-state index contributed by atoms with van der Waals surface area (Å²) in [7, 11) is -1.09. The summed E-state index contributed by atoms with van der Waals surface area (Å²) in [5.41, 5.74) is 2.22. The number of hydrogen-bond acceptors (Lipinski definition) is 6. The number of aromatic nitrogens is 2. The number of para-hydroxylation sites is 1. The highest BCUT2D eigenvalue weighted by atomic mass is 32.2. The van der Waals surface area contributed by atoms with E-state index in [1.165, 1.54) is 5.56 Å². The van der Waals surface area contributed by atoms with Crippen LogP contribution in [-0.2, 0) is 15.3 Å². The molecule has 1 aliphatic heterocycles. The van der Waals surface area contributed by atoms with Crippen LogP contribution in [0, 0.1) is 0 Å². The molecule has 3 rings (SSSR count). The van der Waals surface area contributed by atoms with Crippen molar-refractivity contribution < 1.29 is 8.42 Å². The Hall–Kier alpha value is -2.15. The molecule has 2 heterocycles. The Labute approximate surface area is 155 Å². The molecule has 2 aromatic rings. The van der Waals surface area contributed by atoms with Crippen molar-refractivity contribution in [1.82, 2.24) is 9.97 Å². The predicted molar refractivity (Wildman–Crippen MR) is 106 cm³/mol. The molecule has 140 valence electrons. The van der Waals surface area contributed by atoms with Crippen LogP contribution in [0.4, 0.5) is 17.5 Å². The molecule has 1 aliphatic rings. The van der Waals surface area contributed by atoms with Gasteiger partial charge in [-0.15, -0.1) is 0 Å². The highest BCUT2D eigenvalue weighted by molar-refractivity contribution is 7.91. The highest BCUT2D eigenvalue weighted by Crippen LogP contribution is 2.31. The maximum atomic E-state index is 11.7. The van der Waals surface area contributed by atoms with Gasteiger partial charge in [0, 0.05) is 25.0 Å². The van der Waals surface area contributed by atoms with Crippen molar-refractivity contribution >= 4 is 27.3 Å². The van der Waals surface area contributed by atoms with Gasteiger partial charge in [0.1, 0.15) is 5.82 Å². The molecular weight excluding hydrogens is 348 g/mol. The molecule has 0 radical (unpaired) electrons. The Morgan fingerprint density at radius 2 is 1.92 bits per heavy atom. The van der Waals surface area contributed by atoms with E-state index in [0.29, 0.717) is 18.2 Å². The van der Waals surface area contributed by atoms with Gasteiger partial charge in [0.25, 0.3) is 0 Å². The van der Waals surface area contributed by atoms with E-state index < -0.39 is 9.84 Å². The first-order valence-corrected chi connectivity index (χ1v) is 10.6. The van der Waals surface area contributed by atoms with Crippen molar-refractivity contribution in [3.63, 3.8) is 0 Å². The van der Waals surface area contributed by atoms with Gasteiger partial charge >= 0.3 is 0 Å². The van der Waals surface area contributed by atoms with Crippen LogP contribution >= 0.6 is 0 Å². The quantitative estimate of drug-likeness (QED) is 0.886. The van der Waals surface area contributed by atoms with Gasteiger partial charge < -0.3 is 10.2 Å². The first kappa shape index (κ1) is 18.6. The second-order valence-corrected chi connectivity index (χ2v) is 10.1. The van der Waals surface area contributed by atoms with Crippen molar-refractivity contribution in [2.45, 2.75) is 38.6 Å². The fourth-order valence-electron chi connectivity index (χ4n) is 3.22. The monoisotopic (exact) mass is 374 g/mol. The van der Waals surface area contributed by atoms with Gasteiger partial charge in [-0.2, -0.15) is 4.98 Å². The van der Waals surface area contributed by atoms with Crippen LogP contribution in [-0.4, -0.2) is 43.0 Å². The molecule has 1 aromatic carbocycles. The number of nitrogens with zero attached hydrogens (tertiary/aromatic N) is 3. The van der Waals surface area contributed by atoms with Crippen LogP contribution in [0.1, 0.15) is 32.8 Å². The fourth-order valence-corrected chi connectivity index (χ4v) is 4.99. The van der Waals surface area contributed by atoms with Crippen molar-refractivity contribution in [3.05, 3.63) is 42.1 Å². The Morgan fingerprint density at radius 1 is 1.19 bits per heavy atom. The van der Waals surface area contributed by atoms with E-state index in [4.69, 9.17) is 0 Å². The summed E-state index contributed by atoms with van der Waals surface area (Å²) >= 11 is 0. The predicted octanol–water partition coefficient (Wildman–Crippen LogP) is 3.14. The smallest absolute Gasteiger partial charge is 0.227 e. The van der Waals surface area contributed by atoms with Gasteiger partial charge in [0.15, 0.2) is 9.84 Å². The lowest BCUT2D eigenvalue weighted by Gasteiger charge is -2.25. The molecular formula is C19H26N4O2S. The van der Waals surface area contributed by atoms with Crippen molar-refractivity contribution in [2.75, 3.05) is 28.8 Å². The first-order chi connectivity index (χ1) is 12.2. The molecule has 7 heteroatoms. The maximum Gasteiger partial charge on any atom is 0.227 e. The zero-order chi connectivity index (χ0) is 18.9. The highest BCUT2D eigenvalue weighted by Gasteiger charge is 2.31. The van der Waals surface area contributed by atoms with Crippen LogP contribution in [0.25, 0.3) is 0 Å². The standard InChI is InChI=1S/C19H26N4O2S/c1-19(2,3)15-7-5-6-8-16(15)21-17-9-11-20-18(22-17)23(4)14-10-12-26(24,25)13-14/h5-9,11,14H,10,12-13H2,1-4H3,(H,20,21,22). The summed E-state index contributed by atoms with van der Waals surface area (Å²) in [5.74, 6) is 1.63. The van der Waals surface area contributed by atoms with E-state index in [-0.39, 0.29) is 23.0 Å². The van der Waals surface area contributed by atoms with Crippen LogP contribution in [0.15, 0.2) is 36.5 Å². The summed E-state index contributed by atoms with van der Waals surface area (Å²) in [6.45, 7) is 6.52. The minimum Gasteiger partial charge on any atom is -0.340 e. The second-order valence-electron chi connectivity index (χ2n) is 7.83. The lowest BCUT2D eigenvalue weighted by molar-refractivity contribution is 0.592. The zero-order valence-electron chi connectivity index (χ0n) is 15.7. The Bertz CT molecular complexity index is 890. The number of anilines is 3. The third-order valence-corrected chi connectivity index (χ3v) is 6.46. The van der Waals surface area contributed by atoms with E-state index >= 15 is 0 Å². The molecule has 1 saturated heterocycles. The van der Waals surface area contributed by atoms with Crippen LogP contribution in [0.2, 0.25) is 0 Å². The van der Waals surface area contributed by atoms with E-state index in [2.05, 4.69) is 42.1 Å². The molecule has 1 fully saturated rings. The molecule has 0 amide bonds. The molecule has 1 N–H and O–H groups in total. The van der Waals surface area contributed by atoms with E-state index in [9.17, 15) is 8.42 Å².